The molecule has 2 amide bonds. The molecule has 0 unspecified atom stereocenters. The van der Waals surface area contributed by atoms with Crippen molar-refractivity contribution < 1.29 is 37.7 Å². The number of pyridine rings is 1. The molecule has 2 aliphatic heterocycles. The van der Waals surface area contributed by atoms with E-state index >= 15 is 0 Å². The molecular formula is C38H43F3N6O5S. The molecule has 5 atom stereocenters. The molecule has 0 spiro atoms. The fourth-order valence-electron chi connectivity index (χ4n) is 6.93. The second-order valence-corrected chi connectivity index (χ2v) is 14.3. The number of thiazole rings is 1. The number of β-amino-alcohol motifs (C(OH)–C–C–N with tert-alkyl or cyclic N) is 1. The van der Waals surface area contributed by atoms with E-state index in [1.807, 2.05) is 58.1 Å². The second kappa shape index (κ2) is 17.6. The lowest BCUT2D eigenvalue weighted by Gasteiger charge is -2.41. The Morgan fingerprint density at radius 1 is 1.06 bits per heavy atom. The SMILES string of the molecule is O=C(N[C@H]1c2ccccc2OC[C@H]1O)[C@H](CCc1ccccc1)C[C@H](O)CN1CCN(Cc2cncc(-c3cscn3)c2)C[C@H]1C(=O)NCC(F)(F)F. The number of carbonyl (C=O) groups is 2. The van der Waals surface area contributed by atoms with Gasteiger partial charge in [0.2, 0.25) is 11.8 Å². The van der Waals surface area contributed by atoms with Gasteiger partial charge in [0.25, 0.3) is 0 Å². The predicted octanol–water partition coefficient (Wildman–Crippen LogP) is 3.98. The summed E-state index contributed by atoms with van der Waals surface area (Å²) in [5, 5.41) is 29.2. The first kappa shape index (κ1) is 38.3. The molecule has 2 aromatic carbocycles. The minimum absolute atomic E-state index is 0.0107. The Morgan fingerprint density at radius 3 is 2.62 bits per heavy atom. The predicted molar refractivity (Wildman–Crippen MR) is 193 cm³/mol. The fourth-order valence-corrected chi connectivity index (χ4v) is 7.49. The van der Waals surface area contributed by atoms with Crippen molar-refractivity contribution in [2.75, 3.05) is 39.3 Å². The number of piperazine rings is 1. The van der Waals surface area contributed by atoms with Crippen molar-refractivity contribution in [1.29, 1.82) is 0 Å². The molecule has 4 heterocycles. The first-order valence-electron chi connectivity index (χ1n) is 17.6. The summed E-state index contributed by atoms with van der Waals surface area (Å²) in [6.07, 6.45) is -2.25. The zero-order valence-corrected chi connectivity index (χ0v) is 29.8. The van der Waals surface area contributed by atoms with Crippen LogP contribution in [0.1, 0.15) is 35.6 Å². The molecule has 0 bridgehead atoms. The highest BCUT2D eigenvalue weighted by molar-refractivity contribution is 7.07. The number of aromatic nitrogens is 2. The number of alkyl halides is 3. The Morgan fingerprint density at radius 2 is 1.85 bits per heavy atom. The van der Waals surface area contributed by atoms with Crippen LogP contribution < -0.4 is 15.4 Å². The minimum atomic E-state index is -4.59. The number of benzene rings is 2. The number of hydrogen-bond acceptors (Lipinski definition) is 10. The summed E-state index contributed by atoms with van der Waals surface area (Å²) in [5.74, 6) is -1.25. The van der Waals surface area contributed by atoms with Gasteiger partial charge in [-0.1, -0.05) is 48.5 Å². The Hall–Kier alpha value is -4.41. The molecule has 1 fully saturated rings. The quantitative estimate of drug-likeness (QED) is 0.151. The van der Waals surface area contributed by atoms with Crippen LogP contribution in [-0.4, -0.2) is 106 Å². The normalized spacial score (nSPS) is 20.5. The van der Waals surface area contributed by atoms with Crippen molar-refractivity contribution in [2.45, 2.75) is 56.3 Å². The van der Waals surface area contributed by atoms with Crippen molar-refractivity contribution in [3.63, 3.8) is 0 Å². The number of fused-ring (bicyclic) bond motifs is 1. The monoisotopic (exact) mass is 752 g/mol. The van der Waals surface area contributed by atoms with Gasteiger partial charge in [-0.15, -0.1) is 11.3 Å². The van der Waals surface area contributed by atoms with Gasteiger partial charge in [0.05, 0.1) is 23.4 Å². The molecule has 1 saturated heterocycles. The zero-order valence-electron chi connectivity index (χ0n) is 29.0. The molecule has 0 aliphatic carbocycles. The van der Waals surface area contributed by atoms with Gasteiger partial charge in [-0.3, -0.25) is 24.4 Å². The second-order valence-electron chi connectivity index (χ2n) is 13.5. The van der Waals surface area contributed by atoms with Crippen molar-refractivity contribution in [1.82, 2.24) is 30.4 Å². The summed E-state index contributed by atoms with van der Waals surface area (Å²) in [6.45, 7) is -0.180. The van der Waals surface area contributed by atoms with E-state index in [0.29, 0.717) is 43.8 Å². The Kier molecular flexibility index (Phi) is 12.7. The highest BCUT2D eigenvalue weighted by Crippen LogP contribution is 2.33. The van der Waals surface area contributed by atoms with E-state index in [-0.39, 0.29) is 32.0 Å². The van der Waals surface area contributed by atoms with Crippen LogP contribution >= 0.6 is 11.3 Å². The standard InChI is InChI=1S/C38H43F3N6O5S/c39-38(40,41)23-43-37(51)32-20-46(18-26-14-28(17-42-16-26)31-22-53-24-44-31)12-13-47(32)19-29(48)15-27(11-10-25-6-2-1-3-7-25)36(50)45-35-30-8-4-5-9-34(30)52-21-33(35)49/h1-9,14,16-17,22,24,27,29,32-33,35,48-49H,10-13,15,18-21,23H2,(H,43,51)(H,45,50)/t27-,29+,32+,33-,35+/m1/s1. The van der Waals surface area contributed by atoms with Crippen LogP contribution in [0.5, 0.6) is 5.75 Å². The largest absolute Gasteiger partial charge is 0.490 e. The molecule has 0 radical (unpaired) electrons. The smallest absolute Gasteiger partial charge is 0.405 e. The summed E-state index contributed by atoms with van der Waals surface area (Å²) < 4.78 is 45.1. The van der Waals surface area contributed by atoms with Crippen molar-refractivity contribution in [3.8, 4) is 17.0 Å². The van der Waals surface area contributed by atoms with E-state index in [4.69, 9.17) is 4.74 Å². The minimum Gasteiger partial charge on any atom is -0.490 e. The topological polar surface area (TPSA) is 140 Å². The van der Waals surface area contributed by atoms with Crippen molar-refractivity contribution in [2.24, 2.45) is 5.92 Å². The highest BCUT2D eigenvalue weighted by Gasteiger charge is 2.37. The number of amides is 2. The average Bonchev–Trinajstić information content (AvgIpc) is 3.70. The van der Waals surface area contributed by atoms with Crippen molar-refractivity contribution >= 4 is 23.2 Å². The average molecular weight is 753 g/mol. The van der Waals surface area contributed by atoms with Crippen LogP contribution in [0.25, 0.3) is 11.3 Å². The van der Waals surface area contributed by atoms with Crippen LogP contribution in [0, 0.1) is 5.92 Å². The van der Waals surface area contributed by atoms with E-state index in [1.165, 1.54) is 11.3 Å². The number of carbonyl (C=O) groups excluding carboxylic acids is 2. The third kappa shape index (κ3) is 10.6. The maximum absolute atomic E-state index is 13.9. The number of ether oxygens (including phenoxy) is 1. The summed E-state index contributed by atoms with van der Waals surface area (Å²) in [6, 6.07) is 17.1. The zero-order chi connectivity index (χ0) is 37.4. The first-order chi connectivity index (χ1) is 25.5. The maximum Gasteiger partial charge on any atom is 0.405 e. The number of rotatable bonds is 14. The number of hydrogen-bond donors (Lipinski definition) is 4. The highest BCUT2D eigenvalue weighted by atomic mass is 32.1. The number of aliphatic hydroxyl groups excluding tert-OH is 2. The molecular weight excluding hydrogens is 710 g/mol. The molecule has 6 rings (SSSR count). The number of para-hydroxylation sites is 1. The number of aliphatic hydroxyl groups is 2. The van der Waals surface area contributed by atoms with Crippen molar-refractivity contribution in [3.05, 3.63) is 101 Å². The van der Waals surface area contributed by atoms with Gasteiger partial charge in [-0.25, -0.2) is 4.98 Å². The third-order valence-corrected chi connectivity index (χ3v) is 10.2. The van der Waals surface area contributed by atoms with Gasteiger partial charge in [-0.2, -0.15) is 13.2 Å². The van der Waals surface area contributed by atoms with E-state index in [1.54, 1.807) is 41.0 Å². The number of nitrogens with zero attached hydrogens (tertiary/aromatic N) is 4. The van der Waals surface area contributed by atoms with E-state index in [9.17, 15) is 33.0 Å². The summed E-state index contributed by atoms with van der Waals surface area (Å²) >= 11 is 1.47. The van der Waals surface area contributed by atoms with Crippen LogP contribution in [0.15, 0.2) is 83.9 Å². The summed E-state index contributed by atoms with van der Waals surface area (Å²) in [7, 11) is 0. The summed E-state index contributed by atoms with van der Waals surface area (Å²) in [4.78, 5) is 39.6. The van der Waals surface area contributed by atoms with E-state index < -0.39 is 48.8 Å². The molecule has 11 nitrogen and oxygen atoms in total. The number of aryl methyl sites for hydroxylation is 1. The Labute approximate surface area is 309 Å². The molecule has 2 aliphatic rings. The molecule has 53 heavy (non-hydrogen) atoms. The van der Waals surface area contributed by atoms with Crippen LogP contribution in [-0.2, 0) is 22.6 Å². The maximum atomic E-state index is 13.9. The lowest BCUT2D eigenvalue weighted by atomic mass is 9.91. The number of halogens is 3. The Balaban J connectivity index is 1.15. The van der Waals surface area contributed by atoms with E-state index in [2.05, 4.69) is 15.3 Å². The first-order valence-corrected chi connectivity index (χ1v) is 18.5. The molecule has 4 aromatic rings. The van der Waals surface area contributed by atoms with E-state index in [0.717, 1.165) is 22.4 Å². The molecule has 0 saturated carbocycles. The summed E-state index contributed by atoms with van der Waals surface area (Å²) in [5.41, 5.74) is 5.89. The van der Waals surface area contributed by atoms with Crippen LogP contribution in [0.2, 0.25) is 0 Å². The lowest BCUT2D eigenvalue weighted by molar-refractivity contribution is -0.143. The number of nitrogens with one attached hydrogen (secondary N) is 2. The molecule has 282 valence electrons. The van der Waals surface area contributed by atoms with Crippen LogP contribution in [0.3, 0.4) is 0 Å². The third-order valence-electron chi connectivity index (χ3n) is 9.61. The van der Waals surface area contributed by atoms with Gasteiger partial charge >= 0.3 is 6.18 Å². The molecule has 15 heteroatoms. The van der Waals surface area contributed by atoms with Gasteiger partial charge in [0.15, 0.2) is 0 Å². The van der Waals surface area contributed by atoms with Gasteiger partial charge in [0.1, 0.15) is 31.0 Å². The fraction of sp³-hybridized carbons (Fsp3) is 0.421. The van der Waals surface area contributed by atoms with Crippen LogP contribution in [0.4, 0.5) is 13.2 Å². The van der Waals surface area contributed by atoms with Gasteiger partial charge in [0, 0.05) is 67.5 Å². The lowest BCUT2D eigenvalue weighted by Crippen LogP contribution is -2.60. The molecule has 2 aromatic heterocycles. The van der Waals surface area contributed by atoms with Gasteiger partial charge < -0.3 is 25.6 Å². The van der Waals surface area contributed by atoms with Gasteiger partial charge in [-0.05, 0) is 42.5 Å². The Bertz CT molecular complexity index is 1800. The molecule has 4 N–H and O–H groups in total.